The summed E-state index contributed by atoms with van der Waals surface area (Å²) < 4.78 is 0. The summed E-state index contributed by atoms with van der Waals surface area (Å²) in [5.74, 6) is 0.0634. The third kappa shape index (κ3) is 4.58. The van der Waals surface area contributed by atoms with Gasteiger partial charge in [-0.05, 0) is 51.0 Å². The molecular weight excluding hydrogens is 276 g/mol. The average molecular weight is 304 g/mol. The molecule has 0 saturated heterocycles. The minimum atomic E-state index is 0.0166. The Morgan fingerprint density at radius 2 is 1.09 bits per heavy atom. The molecule has 1 rings (SSSR count). The number of amides is 2. The van der Waals surface area contributed by atoms with Crippen molar-refractivity contribution in [3.05, 3.63) is 35.4 Å². The molecule has 0 atom stereocenters. The van der Waals surface area contributed by atoms with Gasteiger partial charge < -0.3 is 9.80 Å². The molecule has 0 saturated carbocycles. The van der Waals surface area contributed by atoms with Crippen LogP contribution in [0.5, 0.6) is 0 Å². The molecule has 0 N–H and O–H groups in total. The third-order valence-electron chi connectivity index (χ3n) is 3.70. The lowest BCUT2D eigenvalue weighted by molar-refractivity contribution is 0.0749. The topological polar surface area (TPSA) is 40.6 Å². The summed E-state index contributed by atoms with van der Waals surface area (Å²) in [6, 6.07) is 7.03. The summed E-state index contributed by atoms with van der Waals surface area (Å²) in [4.78, 5) is 28.4. The van der Waals surface area contributed by atoms with Crippen LogP contribution in [0.2, 0.25) is 0 Å². The number of benzene rings is 1. The maximum Gasteiger partial charge on any atom is 0.253 e. The molecule has 0 aromatic heterocycles. The van der Waals surface area contributed by atoms with Gasteiger partial charge in [0.25, 0.3) is 11.8 Å². The second-order valence-corrected chi connectivity index (χ2v) is 5.35. The molecule has 0 radical (unpaired) electrons. The number of carbonyl (C=O) groups excluding carboxylic acids is 2. The Balaban J connectivity index is 2.87. The fraction of sp³-hybridized carbons (Fsp3) is 0.556. The van der Waals surface area contributed by atoms with Crippen LogP contribution < -0.4 is 0 Å². The minimum absolute atomic E-state index is 0.0166. The van der Waals surface area contributed by atoms with Gasteiger partial charge >= 0.3 is 0 Å². The molecule has 0 aliphatic heterocycles. The summed E-state index contributed by atoms with van der Waals surface area (Å²) in [7, 11) is 0. The molecule has 0 bridgehead atoms. The lowest BCUT2D eigenvalue weighted by atomic mass is 10.1. The van der Waals surface area contributed by atoms with Crippen molar-refractivity contribution < 1.29 is 9.59 Å². The molecule has 0 aliphatic carbocycles. The quantitative estimate of drug-likeness (QED) is 0.738. The number of hydrogen-bond donors (Lipinski definition) is 0. The van der Waals surface area contributed by atoms with E-state index in [1.54, 1.807) is 29.2 Å². The standard InChI is InChI=1S/C18H28N2O2/c1-5-13-20(14-6-2)18(22)16-11-9-15(10-12-16)17(21)19(7-3)8-4/h9-12H,5-8,13-14H2,1-4H3. The van der Waals surface area contributed by atoms with Crippen molar-refractivity contribution in [1.29, 1.82) is 0 Å². The normalized spacial score (nSPS) is 10.4. The second-order valence-electron chi connectivity index (χ2n) is 5.35. The molecule has 0 spiro atoms. The van der Waals surface area contributed by atoms with Gasteiger partial charge in [-0.25, -0.2) is 0 Å². The van der Waals surface area contributed by atoms with E-state index in [-0.39, 0.29) is 11.8 Å². The van der Waals surface area contributed by atoms with Crippen LogP contribution in [0.3, 0.4) is 0 Å². The Bertz CT molecular complexity index is 472. The highest BCUT2D eigenvalue weighted by Gasteiger charge is 2.16. The fourth-order valence-electron chi connectivity index (χ4n) is 2.49. The Kier molecular flexibility index (Phi) is 7.64. The Morgan fingerprint density at radius 1 is 0.727 bits per heavy atom. The van der Waals surface area contributed by atoms with Gasteiger partial charge in [-0.15, -0.1) is 0 Å². The maximum atomic E-state index is 12.5. The monoisotopic (exact) mass is 304 g/mol. The molecule has 2 amide bonds. The van der Waals surface area contributed by atoms with Crippen molar-refractivity contribution in [2.75, 3.05) is 26.2 Å². The van der Waals surface area contributed by atoms with Gasteiger partial charge in [0, 0.05) is 37.3 Å². The Morgan fingerprint density at radius 3 is 1.41 bits per heavy atom. The minimum Gasteiger partial charge on any atom is -0.339 e. The highest BCUT2D eigenvalue weighted by Crippen LogP contribution is 2.11. The third-order valence-corrected chi connectivity index (χ3v) is 3.70. The molecule has 4 nitrogen and oxygen atoms in total. The predicted molar refractivity (Wildman–Crippen MR) is 90.2 cm³/mol. The van der Waals surface area contributed by atoms with Gasteiger partial charge in [0.05, 0.1) is 0 Å². The molecule has 4 heteroatoms. The van der Waals surface area contributed by atoms with Crippen LogP contribution in [0.15, 0.2) is 24.3 Å². The van der Waals surface area contributed by atoms with Gasteiger partial charge in [0.2, 0.25) is 0 Å². The first-order valence-electron chi connectivity index (χ1n) is 8.27. The molecule has 0 aliphatic rings. The van der Waals surface area contributed by atoms with E-state index >= 15 is 0 Å². The Labute approximate surface area is 134 Å². The zero-order valence-electron chi connectivity index (χ0n) is 14.3. The van der Waals surface area contributed by atoms with E-state index in [0.717, 1.165) is 25.9 Å². The molecule has 0 heterocycles. The van der Waals surface area contributed by atoms with Crippen molar-refractivity contribution in [1.82, 2.24) is 9.80 Å². The van der Waals surface area contributed by atoms with Crippen molar-refractivity contribution in [3.63, 3.8) is 0 Å². The van der Waals surface area contributed by atoms with Crippen LogP contribution in [0.25, 0.3) is 0 Å². The van der Waals surface area contributed by atoms with Gasteiger partial charge in [-0.1, -0.05) is 13.8 Å². The summed E-state index contributed by atoms with van der Waals surface area (Å²) in [5.41, 5.74) is 1.29. The number of carbonyl (C=O) groups is 2. The van der Waals surface area contributed by atoms with E-state index in [0.29, 0.717) is 24.2 Å². The number of rotatable bonds is 8. The van der Waals surface area contributed by atoms with E-state index in [4.69, 9.17) is 0 Å². The van der Waals surface area contributed by atoms with Gasteiger partial charge in [-0.3, -0.25) is 9.59 Å². The molecule has 1 aromatic carbocycles. The maximum absolute atomic E-state index is 12.5. The van der Waals surface area contributed by atoms with Gasteiger partial charge in [0.15, 0.2) is 0 Å². The van der Waals surface area contributed by atoms with Crippen LogP contribution in [0.1, 0.15) is 61.3 Å². The largest absolute Gasteiger partial charge is 0.339 e. The van der Waals surface area contributed by atoms with Gasteiger partial charge in [0.1, 0.15) is 0 Å². The summed E-state index contributed by atoms with van der Waals surface area (Å²) in [5, 5.41) is 0. The molecule has 122 valence electrons. The van der Waals surface area contributed by atoms with E-state index in [9.17, 15) is 9.59 Å². The van der Waals surface area contributed by atoms with E-state index in [1.807, 2.05) is 18.7 Å². The number of hydrogen-bond acceptors (Lipinski definition) is 2. The first-order valence-corrected chi connectivity index (χ1v) is 8.27. The lowest BCUT2D eigenvalue weighted by Gasteiger charge is -2.22. The highest BCUT2D eigenvalue weighted by molar-refractivity contribution is 5.97. The van der Waals surface area contributed by atoms with Crippen molar-refractivity contribution in [2.24, 2.45) is 0 Å². The molecule has 0 unspecified atom stereocenters. The van der Waals surface area contributed by atoms with Gasteiger partial charge in [-0.2, -0.15) is 0 Å². The van der Waals surface area contributed by atoms with Crippen LogP contribution in [0, 0.1) is 0 Å². The van der Waals surface area contributed by atoms with Crippen molar-refractivity contribution in [3.8, 4) is 0 Å². The summed E-state index contributed by atoms with van der Waals surface area (Å²) >= 11 is 0. The second kappa shape index (κ2) is 9.23. The number of nitrogens with zero attached hydrogens (tertiary/aromatic N) is 2. The zero-order valence-corrected chi connectivity index (χ0v) is 14.3. The smallest absolute Gasteiger partial charge is 0.253 e. The average Bonchev–Trinajstić information content (AvgIpc) is 2.55. The van der Waals surface area contributed by atoms with Crippen LogP contribution in [-0.2, 0) is 0 Å². The first-order chi connectivity index (χ1) is 10.6. The van der Waals surface area contributed by atoms with E-state index in [1.165, 1.54) is 0 Å². The van der Waals surface area contributed by atoms with E-state index in [2.05, 4.69) is 13.8 Å². The van der Waals surface area contributed by atoms with E-state index < -0.39 is 0 Å². The molecular formula is C18H28N2O2. The van der Waals surface area contributed by atoms with Crippen molar-refractivity contribution >= 4 is 11.8 Å². The zero-order chi connectivity index (χ0) is 16.5. The van der Waals surface area contributed by atoms with Crippen LogP contribution in [-0.4, -0.2) is 47.8 Å². The summed E-state index contributed by atoms with van der Waals surface area (Å²) in [6.07, 6.45) is 1.90. The first kappa shape index (κ1) is 18.2. The van der Waals surface area contributed by atoms with Crippen molar-refractivity contribution in [2.45, 2.75) is 40.5 Å². The molecule has 22 heavy (non-hydrogen) atoms. The lowest BCUT2D eigenvalue weighted by Crippen LogP contribution is -2.33. The van der Waals surface area contributed by atoms with Crippen LogP contribution >= 0.6 is 0 Å². The highest BCUT2D eigenvalue weighted by atomic mass is 16.2. The Hall–Kier alpha value is -1.84. The summed E-state index contributed by atoms with van der Waals surface area (Å²) in [6.45, 7) is 11.0. The fourth-order valence-corrected chi connectivity index (χ4v) is 2.49. The molecule has 0 fully saturated rings. The predicted octanol–water partition coefficient (Wildman–Crippen LogP) is 3.43. The molecule has 1 aromatic rings. The van der Waals surface area contributed by atoms with Crippen LogP contribution in [0.4, 0.5) is 0 Å². The SMILES string of the molecule is CCCN(CCC)C(=O)c1ccc(C(=O)N(CC)CC)cc1.